The van der Waals surface area contributed by atoms with Gasteiger partial charge in [0, 0.05) is 25.4 Å². The monoisotopic (exact) mass is 315 g/mol. The van der Waals surface area contributed by atoms with Crippen LogP contribution >= 0.6 is 12.4 Å². The van der Waals surface area contributed by atoms with Crippen molar-refractivity contribution in [3.05, 3.63) is 18.0 Å². The van der Waals surface area contributed by atoms with Crippen molar-refractivity contribution in [3.63, 3.8) is 0 Å². The second-order valence-corrected chi connectivity index (χ2v) is 5.02. The first-order chi connectivity index (χ1) is 9.61. The van der Waals surface area contributed by atoms with Gasteiger partial charge >= 0.3 is 0 Å². The van der Waals surface area contributed by atoms with E-state index in [-0.39, 0.29) is 24.2 Å². The second kappa shape index (κ2) is 7.99. The first-order valence-corrected chi connectivity index (χ1v) is 6.85. The summed E-state index contributed by atoms with van der Waals surface area (Å²) in [6.07, 6.45) is 6.00. The lowest BCUT2D eigenvalue weighted by Crippen LogP contribution is -2.48. The minimum Gasteiger partial charge on any atom is -0.354 e. The van der Waals surface area contributed by atoms with Gasteiger partial charge in [0.15, 0.2) is 0 Å². The lowest BCUT2D eigenvalue weighted by Gasteiger charge is -2.19. The van der Waals surface area contributed by atoms with Crippen LogP contribution in [0.3, 0.4) is 0 Å². The van der Waals surface area contributed by atoms with E-state index in [0.29, 0.717) is 13.0 Å². The quantitative estimate of drug-likeness (QED) is 0.723. The van der Waals surface area contributed by atoms with Gasteiger partial charge in [0.2, 0.25) is 11.8 Å². The average Bonchev–Trinajstić information content (AvgIpc) is 2.73. The summed E-state index contributed by atoms with van der Waals surface area (Å²) in [5.74, 6) is -0.306. The number of likely N-dealkylation sites (N-methyl/N-ethyl adjacent to an activating group) is 1. The smallest absolute Gasteiger partial charge is 0.242 e. The number of nitrogens with one attached hydrogen (secondary N) is 3. The topological polar surface area (TPSA) is 88.1 Å². The van der Waals surface area contributed by atoms with Crippen molar-refractivity contribution >= 4 is 24.2 Å². The number of hydrogen-bond acceptors (Lipinski definition) is 4. The van der Waals surface area contributed by atoms with Crippen LogP contribution in [0.5, 0.6) is 0 Å². The molecular weight excluding hydrogens is 294 g/mol. The molecule has 1 aromatic rings. The molecule has 2 unspecified atom stereocenters. The highest BCUT2D eigenvalue weighted by molar-refractivity contribution is 5.90. The lowest BCUT2D eigenvalue weighted by molar-refractivity contribution is -0.129. The predicted octanol–water partition coefficient (Wildman–Crippen LogP) is -0.113. The highest BCUT2D eigenvalue weighted by Crippen LogP contribution is 2.13. The van der Waals surface area contributed by atoms with Crippen LogP contribution in [-0.2, 0) is 16.6 Å². The third-order valence-electron chi connectivity index (χ3n) is 3.46. The zero-order valence-electron chi connectivity index (χ0n) is 12.3. The van der Waals surface area contributed by atoms with Crippen LogP contribution in [0.1, 0.15) is 30.9 Å². The van der Waals surface area contributed by atoms with Crippen molar-refractivity contribution in [2.45, 2.75) is 31.3 Å². The summed E-state index contributed by atoms with van der Waals surface area (Å²) < 4.78 is 1.64. The summed E-state index contributed by atoms with van der Waals surface area (Å²) in [5, 5.41) is 12.6. The van der Waals surface area contributed by atoms with Crippen molar-refractivity contribution in [1.82, 2.24) is 25.7 Å². The summed E-state index contributed by atoms with van der Waals surface area (Å²) >= 11 is 0. The molecule has 7 nitrogen and oxygen atoms in total. The van der Waals surface area contributed by atoms with Gasteiger partial charge < -0.3 is 16.0 Å². The van der Waals surface area contributed by atoms with E-state index in [4.69, 9.17) is 0 Å². The molecule has 0 saturated carbocycles. The fourth-order valence-electron chi connectivity index (χ4n) is 2.37. The Hall–Kier alpha value is -1.60. The third kappa shape index (κ3) is 4.44. The number of rotatable bonds is 4. The summed E-state index contributed by atoms with van der Waals surface area (Å²) in [7, 11) is 3.51. The first-order valence-electron chi connectivity index (χ1n) is 6.85. The minimum atomic E-state index is -0.500. The number of hydrogen-bond donors (Lipinski definition) is 3. The number of halogens is 1. The van der Waals surface area contributed by atoms with E-state index in [0.717, 1.165) is 18.4 Å². The molecule has 1 aliphatic heterocycles. The number of carbonyl (C=O) groups is 2. The van der Waals surface area contributed by atoms with Gasteiger partial charge in [0.25, 0.3) is 0 Å². The van der Waals surface area contributed by atoms with Crippen LogP contribution in [0.4, 0.5) is 0 Å². The Morgan fingerprint density at radius 3 is 2.90 bits per heavy atom. The SMILES string of the molecule is CNC(C(=O)NC1CCCCNC1=O)c1cnn(C)c1.Cl. The van der Waals surface area contributed by atoms with Gasteiger partial charge in [0.05, 0.1) is 6.20 Å². The van der Waals surface area contributed by atoms with Crippen LogP contribution in [0.15, 0.2) is 12.4 Å². The second-order valence-electron chi connectivity index (χ2n) is 5.02. The molecule has 0 radical (unpaired) electrons. The highest BCUT2D eigenvalue weighted by Gasteiger charge is 2.27. The molecule has 2 heterocycles. The van der Waals surface area contributed by atoms with Gasteiger partial charge in [-0.1, -0.05) is 0 Å². The molecule has 2 amide bonds. The molecular formula is C13H22ClN5O2. The van der Waals surface area contributed by atoms with E-state index in [1.54, 1.807) is 31.2 Å². The van der Waals surface area contributed by atoms with E-state index >= 15 is 0 Å². The Balaban J connectivity index is 0.00000220. The van der Waals surface area contributed by atoms with E-state index in [2.05, 4.69) is 21.0 Å². The fourth-order valence-corrected chi connectivity index (χ4v) is 2.37. The van der Waals surface area contributed by atoms with Gasteiger partial charge in [-0.25, -0.2) is 0 Å². The van der Waals surface area contributed by atoms with E-state index in [1.165, 1.54) is 0 Å². The molecule has 0 aliphatic carbocycles. The Bertz CT molecular complexity index is 491. The zero-order chi connectivity index (χ0) is 14.5. The molecule has 1 aliphatic rings. The Kier molecular flexibility index (Phi) is 6.64. The van der Waals surface area contributed by atoms with E-state index < -0.39 is 12.1 Å². The molecule has 2 atom stereocenters. The molecule has 118 valence electrons. The van der Waals surface area contributed by atoms with E-state index in [9.17, 15) is 9.59 Å². The van der Waals surface area contributed by atoms with Crippen LogP contribution in [-0.4, -0.2) is 41.2 Å². The van der Waals surface area contributed by atoms with Gasteiger partial charge in [0.1, 0.15) is 12.1 Å². The summed E-state index contributed by atoms with van der Waals surface area (Å²) in [6.45, 7) is 0.684. The maximum Gasteiger partial charge on any atom is 0.242 e. The fraction of sp³-hybridized carbons (Fsp3) is 0.615. The predicted molar refractivity (Wildman–Crippen MR) is 81.0 cm³/mol. The Morgan fingerprint density at radius 2 is 2.29 bits per heavy atom. The van der Waals surface area contributed by atoms with E-state index in [1.807, 2.05) is 0 Å². The van der Waals surface area contributed by atoms with Crippen LogP contribution in [0.2, 0.25) is 0 Å². The maximum absolute atomic E-state index is 12.3. The largest absolute Gasteiger partial charge is 0.354 e. The standard InChI is InChI=1S/C13H21N5O2.ClH/c1-14-11(9-7-16-18(2)8-9)13(20)17-10-5-3-4-6-15-12(10)19;/h7-8,10-11,14H,3-6H2,1-2H3,(H,15,19)(H,17,20);1H. The molecule has 21 heavy (non-hydrogen) atoms. The number of carbonyl (C=O) groups excluding carboxylic acids is 2. The molecule has 0 aromatic carbocycles. The molecule has 1 aromatic heterocycles. The number of aryl methyl sites for hydroxylation is 1. The molecule has 3 N–H and O–H groups in total. The van der Waals surface area contributed by atoms with Crippen molar-refractivity contribution < 1.29 is 9.59 Å². The van der Waals surface area contributed by atoms with Crippen LogP contribution in [0, 0.1) is 0 Å². The van der Waals surface area contributed by atoms with Crippen molar-refractivity contribution in [2.75, 3.05) is 13.6 Å². The number of amides is 2. The first kappa shape index (κ1) is 17.5. The van der Waals surface area contributed by atoms with Crippen molar-refractivity contribution in [1.29, 1.82) is 0 Å². The Labute approximate surface area is 130 Å². The molecule has 1 saturated heterocycles. The van der Waals surface area contributed by atoms with Gasteiger partial charge in [-0.3, -0.25) is 14.3 Å². The normalized spacial score (nSPS) is 19.9. The summed E-state index contributed by atoms with van der Waals surface area (Å²) in [6, 6.07) is -0.947. The van der Waals surface area contributed by atoms with Gasteiger partial charge in [-0.2, -0.15) is 5.10 Å². The van der Waals surface area contributed by atoms with Crippen LogP contribution < -0.4 is 16.0 Å². The van der Waals surface area contributed by atoms with Crippen molar-refractivity contribution in [2.24, 2.45) is 7.05 Å². The Morgan fingerprint density at radius 1 is 1.52 bits per heavy atom. The van der Waals surface area contributed by atoms with Gasteiger partial charge in [-0.05, 0) is 26.3 Å². The van der Waals surface area contributed by atoms with Crippen LogP contribution in [0.25, 0.3) is 0 Å². The summed E-state index contributed by atoms with van der Waals surface area (Å²) in [4.78, 5) is 24.2. The summed E-state index contributed by atoms with van der Waals surface area (Å²) in [5.41, 5.74) is 0.779. The lowest BCUT2D eigenvalue weighted by atomic mass is 10.1. The highest BCUT2D eigenvalue weighted by atomic mass is 35.5. The zero-order valence-corrected chi connectivity index (χ0v) is 13.1. The molecule has 0 spiro atoms. The molecule has 8 heteroatoms. The van der Waals surface area contributed by atoms with Gasteiger partial charge in [-0.15, -0.1) is 12.4 Å². The molecule has 2 rings (SSSR count). The maximum atomic E-state index is 12.3. The van der Waals surface area contributed by atoms with Crippen molar-refractivity contribution in [3.8, 4) is 0 Å². The third-order valence-corrected chi connectivity index (χ3v) is 3.46. The number of aromatic nitrogens is 2. The molecule has 0 bridgehead atoms. The minimum absolute atomic E-state index is 0. The molecule has 1 fully saturated rings. The average molecular weight is 316 g/mol. The number of nitrogens with zero attached hydrogens (tertiary/aromatic N) is 2.